The Morgan fingerprint density at radius 3 is 2.33 bits per heavy atom. The zero-order valence-corrected chi connectivity index (χ0v) is 16.0. The van der Waals surface area contributed by atoms with E-state index in [1.165, 1.54) is 0 Å². The lowest BCUT2D eigenvalue weighted by atomic mass is 10.0. The molecule has 0 saturated carbocycles. The number of ether oxygens (including phenoxy) is 1. The number of aryl methyl sites for hydroxylation is 1. The van der Waals surface area contributed by atoms with Crippen molar-refractivity contribution in [2.24, 2.45) is 0 Å². The van der Waals surface area contributed by atoms with Crippen LogP contribution in [0, 0.1) is 6.92 Å². The molecule has 0 unspecified atom stereocenters. The Hall–Kier alpha value is -2.82. The number of piperazine rings is 1. The van der Waals surface area contributed by atoms with E-state index in [9.17, 15) is 9.59 Å². The highest BCUT2D eigenvalue weighted by Crippen LogP contribution is 2.23. The molecule has 27 heavy (non-hydrogen) atoms. The largest absolute Gasteiger partial charge is 0.462 e. The summed E-state index contributed by atoms with van der Waals surface area (Å²) in [4.78, 5) is 28.9. The van der Waals surface area contributed by atoms with Crippen LogP contribution in [0.25, 0.3) is 0 Å². The molecule has 0 N–H and O–H groups in total. The van der Waals surface area contributed by atoms with Crippen LogP contribution in [0.3, 0.4) is 0 Å². The van der Waals surface area contributed by atoms with Gasteiger partial charge in [-0.1, -0.05) is 36.4 Å². The van der Waals surface area contributed by atoms with E-state index >= 15 is 0 Å². The maximum atomic E-state index is 12.7. The number of esters is 1. The van der Waals surface area contributed by atoms with Gasteiger partial charge in [0.2, 0.25) is 5.91 Å². The number of benzene rings is 2. The van der Waals surface area contributed by atoms with Crippen molar-refractivity contribution < 1.29 is 14.3 Å². The zero-order chi connectivity index (χ0) is 19.2. The summed E-state index contributed by atoms with van der Waals surface area (Å²) in [6.45, 7) is 6.91. The number of hydrogen-bond acceptors (Lipinski definition) is 4. The maximum absolute atomic E-state index is 12.7. The van der Waals surface area contributed by atoms with Crippen LogP contribution in [0.4, 0.5) is 5.69 Å². The minimum absolute atomic E-state index is 0.155. The molecule has 1 fully saturated rings. The van der Waals surface area contributed by atoms with Gasteiger partial charge in [-0.25, -0.2) is 4.79 Å². The van der Waals surface area contributed by atoms with Gasteiger partial charge in [0.15, 0.2) is 0 Å². The molecule has 2 aromatic carbocycles. The van der Waals surface area contributed by atoms with Crippen molar-refractivity contribution in [1.82, 2.24) is 4.90 Å². The van der Waals surface area contributed by atoms with Crippen molar-refractivity contribution in [1.29, 1.82) is 0 Å². The second-order valence-electron chi connectivity index (χ2n) is 6.71. The Morgan fingerprint density at radius 1 is 0.963 bits per heavy atom. The fourth-order valence-corrected chi connectivity index (χ4v) is 3.41. The van der Waals surface area contributed by atoms with Crippen molar-refractivity contribution >= 4 is 17.6 Å². The van der Waals surface area contributed by atoms with Crippen LogP contribution < -0.4 is 4.90 Å². The molecule has 0 bridgehead atoms. The quantitative estimate of drug-likeness (QED) is 0.763. The molecule has 1 aliphatic rings. The molecule has 0 spiro atoms. The lowest BCUT2D eigenvalue weighted by Crippen LogP contribution is -2.49. The number of anilines is 1. The highest BCUT2D eigenvalue weighted by atomic mass is 16.5. The van der Waals surface area contributed by atoms with E-state index in [1.807, 2.05) is 54.3 Å². The smallest absolute Gasteiger partial charge is 0.340 e. The van der Waals surface area contributed by atoms with Gasteiger partial charge < -0.3 is 14.5 Å². The standard InChI is InChI=1S/C22H26N2O3/c1-3-27-22(26)19-10-6-7-11-20(19)23-12-14-24(15-13-23)21(25)16-18-9-5-4-8-17(18)2/h4-11H,3,12-16H2,1-2H3. The van der Waals surface area contributed by atoms with Gasteiger partial charge in [0, 0.05) is 26.2 Å². The van der Waals surface area contributed by atoms with Gasteiger partial charge in [0.05, 0.1) is 24.3 Å². The van der Waals surface area contributed by atoms with Crippen molar-refractivity contribution in [3.63, 3.8) is 0 Å². The first kappa shape index (κ1) is 19.0. The molecule has 5 nitrogen and oxygen atoms in total. The zero-order valence-electron chi connectivity index (χ0n) is 16.0. The first-order valence-electron chi connectivity index (χ1n) is 9.43. The highest BCUT2D eigenvalue weighted by molar-refractivity contribution is 5.96. The lowest BCUT2D eigenvalue weighted by molar-refractivity contribution is -0.130. The van der Waals surface area contributed by atoms with E-state index in [0.717, 1.165) is 16.8 Å². The fourth-order valence-electron chi connectivity index (χ4n) is 3.41. The summed E-state index contributed by atoms with van der Waals surface area (Å²) in [6, 6.07) is 15.5. The predicted molar refractivity (Wildman–Crippen MR) is 106 cm³/mol. The third kappa shape index (κ3) is 4.48. The van der Waals surface area contributed by atoms with Gasteiger partial charge in [-0.05, 0) is 37.1 Å². The second kappa shape index (κ2) is 8.71. The van der Waals surface area contributed by atoms with Crippen LogP contribution in [-0.2, 0) is 16.0 Å². The van der Waals surface area contributed by atoms with Crippen LogP contribution in [0.1, 0.15) is 28.4 Å². The molecule has 0 atom stereocenters. The SMILES string of the molecule is CCOC(=O)c1ccccc1N1CCN(C(=O)Cc2ccccc2C)CC1. The minimum Gasteiger partial charge on any atom is -0.462 e. The van der Waals surface area contributed by atoms with Crippen LogP contribution in [0.15, 0.2) is 48.5 Å². The van der Waals surface area contributed by atoms with E-state index in [4.69, 9.17) is 4.74 Å². The van der Waals surface area contributed by atoms with E-state index in [0.29, 0.717) is 44.8 Å². The molecule has 1 amide bonds. The molecule has 142 valence electrons. The van der Waals surface area contributed by atoms with Crippen LogP contribution >= 0.6 is 0 Å². The Kier molecular flexibility index (Phi) is 6.12. The molecule has 2 aromatic rings. The summed E-state index contributed by atoms with van der Waals surface area (Å²) >= 11 is 0. The molecule has 1 heterocycles. The van der Waals surface area contributed by atoms with Crippen molar-refractivity contribution in [2.75, 3.05) is 37.7 Å². The summed E-state index contributed by atoms with van der Waals surface area (Å²) in [5, 5.41) is 0. The van der Waals surface area contributed by atoms with Gasteiger partial charge >= 0.3 is 5.97 Å². The number of amides is 1. The average molecular weight is 366 g/mol. The van der Waals surface area contributed by atoms with E-state index in [1.54, 1.807) is 13.0 Å². The fraction of sp³-hybridized carbons (Fsp3) is 0.364. The Morgan fingerprint density at radius 2 is 1.63 bits per heavy atom. The monoisotopic (exact) mass is 366 g/mol. The van der Waals surface area contributed by atoms with Gasteiger partial charge in [-0.3, -0.25) is 4.79 Å². The molecular weight excluding hydrogens is 340 g/mol. The van der Waals surface area contributed by atoms with E-state index in [2.05, 4.69) is 4.90 Å². The number of carbonyl (C=O) groups is 2. The second-order valence-corrected chi connectivity index (χ2v) is 6.71. The Labute approximate surface area is 160 Å². The molecule has 5 heteroatoms. The van der Waals surface area contributed by atoms with Crippen molar-refractivity contribution in [3.05, 3.63) is 65.2 Å². The van der Waals surface area contributed by atoms with Gasteiger partial charge in [0.25, 0.3) is 0 Å². The number of rotatable bonds is 5. The third-order valence-corrected chi connectivity index (χ3v) is 4.98. The van der Waals surface area contributed by atoms with E-state index < -0.39 is 0 Å². The highest BCUT2D eigenvalue weighted by Gasteiger charge is 2.24. The molecular formula is C22H26N2O3. The normalized spacial score (nSPS) is 14.1. The third-order valence-electron chi connectivity index (χ3n) is 4.98. The average Bonchev–Trinajstić information content (AvgIpc) is 2.70. The molecule has 3 rings (SSSR count). The topological polar surface area (TPSA) is 49.9 Å². The van der Waals surface area contributed by atoms with Gasteiger partial charge in [-0.2, -0.15) is 0 Å². The number of para-hydroxylation sites is 1. The number of carbonyl (C=O) groups excluding carboxylic acids is 2. The molecule has 0 radical (unpaired) electrons. The van der Waals surface area contributed by atoms with Crippen LogP contribution in [0.2, 0.25) is 0 Å². The Bertz CT molecular complexity index is 811. The lowest BCUT2D eigenvalue weighted by Gasteiger charge is -2.37. The van der Waals surface area contributed by atoms with Crippen molar-refractivity contribution in [3.8, 4) is 0 Å². The predicted octanol–water partition coefficient (Wildman–Crippen LogP) is 3.06. The summed E-state index contributed by atoms with van der Waals surface area (Å²) < 4.78 is 5.17. The van der Waals surface area contributed by atoms with E-state index in [-0.39, 0.29) is 11.9 Å². The Balaban J connectivity index is 1.63. The minimum atomic E-state index is -0.300. The summed E-state index contributed by atoms with van der Waals surface area (Å²) in [5.74, 6) is -0.145. The molecule has 0 aliphatic carbocycles. The van der Waals surface area contributed by atoms with Crippen molar-refractivity contribution in [2.45, 2.75) is 20.3 Å². The number of nitrogens with zero attached hydrogens (tertiary/aromatic N) is 2. The molecule has 0 aromatic heterocycles. The molecule has 1 aliphatic heterocycles. The summed E-state index contributed by atoms with van der Waals surface area (Å²) in [5.41, 5.74) is 3.69. The van der Waals surface area contributed by atoms with Gasteiger partial charge in [0.1, 0.15) is 0 Å². The van der Waals surface area contributed by atoms with Gasteiger partial charge in [-0.15, -0.1) is 0 Å². The first-order valence-corrected chi connectivity index (χ1v) is 9.43. The van der Waals surface area contributed by atoms with Crippen LogP contribution in [-0.4, -0.2) is 49.6 Å². The summed E-state index contributed by atoms with van der Waals surface area (Å²) in [7, 11) is 0. The van der Waals surface area contributed by atoms with Crippen LogP contribution in [0.5, 0.6) is 0 Å². The first-order chi connectivity index (χ1) is 13.1. The summed E-state index contributed by atoms with van der Waals surface area (Å²) in [6.07, 6.45) is 0.437. The number of hydrogen-bond donors (Lipinski definition) is 0. The molecule has 1 saturated heterocycles. The maximum Gasteiger partial charge on any atom is 0.340 e.